The Labute approximate surface area is 155 Å². The van der Waals surface area contributed by atoms with Crippen LogP contribution in [0.4, 0.5) is 11.4 Å². The lowest BCUT2D eigenvalue weighted by Crippen LogP contribution is -2.32. The van der Waals surface area contributed by atoms with E-state index in [4.69, 9.17) is 4.74 Å². The number of hydrogen-bond acceptors (Lipinski definition) is 4. The van der Waals surface area contributed by atoms with Crippen molar-refractivity contribution in [1.29, 1.82) is 0 Å². The van der Waals surface area contributed by atoms with Crippen molar-refractivity contribution >= 4 is 23.2 Å². The summed E-state index contributed by atoms with van der Waals surface area (Å²) in [6, 6.07) is 8.02. The van der Waals surface area contributed by atoms with Gasteiger partial charge in [0, 0.05) is 38.1 Å². The zero-order chi connectivity index (χ0) is 18.5. The van der Waals surface area contributed by atoms with Crippen molar-refractivity contribution in [2.75, 3.05) is 43.6 Å². The van der Waals surface area contributed by atoms with E-state index >= 15 is 0 Å². The molecule has 26 heavy (non-hydrogen) atoms. The Morgan fingerprint density at radius 2 is 1.77 bits per heavy atom. The fourth-order valence-corrected chi connectivity index (χ4v) is 3.44. The van der Waals surface area contributed by atoms with E-state index in [2.05, 4.69) is 34.6 Å². The molecular weight excluding hydrogens is 330 g/mol. The maximum Gasteiger partial charge on any atom is 0.228 e. The van der Waals surface area contributed by atoms with E-state index in [-0.39, 0.29) is 23.7 Å². The van der Waals surface area contributed by atoms with E-state index in [1.54, 1.807) is 7.11 Å². The maximum absolute atomic E-state index is 12.3. The van der Waals surface area contributed by atoms with Gasteiger partial charge in [-0.3, -0.25) is 9.59 Å². The molecule has 1 aliphatic carbocycles. The summed E-state index contributed by atoms with van der Waals surface area (Å²) in [6.07, 6.45) is 3.08. The van der Waals surface area contributed by atoms with Crippen molar-refractivity contribution in [2.45, 2.75) is 26.2 Å². The molecule has 142 valence electrons. The van der Waals surface area contributed by atoms with Crippen LogP contribution in [0.1, 0.15) is 26.2 Å². The Bertz CT molecular complexity index is 624. The van der Waals surface area contributed by atoms with Crippen molar-refractivity contribution in [1.82, 2.24) is 5.32 Å². The van der Waals surface area contributed by atoms with Crippen molar-refractivity contribution in [3.63, 3.8) is 0 Å². The summed E-state index contributed by atoms with van der Waals surface area (Å²) in [6.45, 7) is 5.46. The van der Waals surface area contributed by atoms with Crippen LogP contribution in [0.5, 0.6) is 0 Å². The van der Waals surface area contributed by atoms with E-state index in [0.717, 1.165) is 24.7 Å². The number of benzene rings is 1. The molecule has 1 saturated heterocycles. The molecule has 1 aromatic rings. The van der Waals surface area contributed by atoms with Gasteiger partial charge in [0.2, 0.25) is 11.8 Å². The number of rotatable bonds is 7. The summed E-state index contributed by atoms with van der Waals surface area (Å²) in [5.74, 6) is 0.249. The molecule has 0 aromatic heterocycles. The quantitative estimate of drug-likeness (QED) is 0.733. The predicted octanol–water partition coefficient (Wildman–Crippen LogP) is 2.26. The number of piperidine rings is 1. The predicted molar refractivity (Wildman–Crippen MR) is 102 cm³/mol. The Morgan fingerprint density at radius 1 is 1.12 bits per heavy atom. The molecule has 2 atom stereocenters. The highest BCUT2D eigenvalue weighted by Crippen LogP contribution is 2.39. The normalized spacial score (nSPS) is 22.8. The molecule has 2 aliphatic rings. The summed E-state index contributed by atoms with van der Waals surface area (Å²) in [5.41, 5.74) is 1.99. The number of nitrogens with one attached hydrogen (secondary N) is 2. The first-order valence-electron chi connectivity index (χ1n) is 9.51. The third-order valence-corrected chi connectivity index (χ3v) is 5.35. The van der Waals surface area contributed by atoms with Gasteiger partial charge in [-0.2, -0.15) is 0 Å². The highest BCUT2D eigenvalue weighted by molar-refractivity contribution is 5.99. The third kappa shape index (κ3) is 4.75. The van der Waals surface area contributed by atoms with Crippen LogP contribution in [-0.2, 0) is 14.3 Å². The van der Waals surface area contributed by atoms with Crippen LogP contribution in [0.2, 0.25) is 0 Å². The van der Waals surface area contributed by atoms with Crippen molar-refractivity contribution < 1.29 is 14.3 Å². The number of anilines is 2. The third-order valence-electron chi connectivity index (χ3n) is 5.35. The average molecular weight is 359 g/mol. The summed E-state index contributed by atoms with van der Waals surface area (Å²) >= 11 is 0. The van der Waals surface area contributed by atoms with Crippen LogP contribution >= 0.6 is 0 Å². The maximum atomic E-state index is 12.3. The molecule has 2 amide bonds. The molecule has 2 fully saturated rings. The highest BCUT2D eigenvalue weighted by Gasteiger charge is 2.47. The smallest absolute Gasteiger partial charge is 0.228 e. The summed E-state index contributed by atoms with van der Waals surface area (Å²) in [5, 5.41) is 5.72. The summed E-state index contributed by atoms with van der Waals surface area (Å²) in [4.78, 5) is 26.6. The molecule has 1 aromatic carbocycles. The second-order valence-electron chi connectivity index (χ2n) is 7.44. The number of nitrogens with zero attached hydrogens (tertiary/aromatic N) is 1. The molecule has 6 nitrogen and oxygen atoms in total. The fraction of sp³-hybridized carbons (Fsp3) is 0.600. The van der Waals surface area contributed by atoms with E-state index in [0.29, 0.717) is 19.6 Å². The van der Waals surface area contributed by atoms with E-state index in [9.17, 15) is 9.59 Å². The second-order valence-corrected chi connectivity index (χ2v) is 7.44. The Morgan fingerprint density at radius 3 is 2.42 bits per heavy atom. The van der Waals surface area contributed by atoms with Crippen LogP contribution in [0.3, 0.4) is 0 Å². The Kier molecular flexibility index (Phi) is 6.14. The first kappa shape index (κ1) is 18.7. The number of carbonyl (C=O) groups is 2. The molecule has 1 aliphatic heterocycles. The van der Waals surface area contributed by atoms with Gasteiger partial charge < -0.3 is 20.3 Å². The lowest BCUT2D eigenvalue weighted by Gasteiger charge is -2.32. The number of amides is 2. The monoisotopic (exact) mass is 359 g/mol. The molecule has 1 heterocycles. The van der Waals surface area contributed by atoms with Gasteiger partial charge in [-0.05, 0) is 49.4 Å². The van der Waals surface area contributed by atoms with E-state index in [1.165, 1.54) is 18.5 Å². The number of ether oxygens (including phenoxy) is 1. The number of methoxy groups -OCH3 is 1. The lowest BCUT2D eigenvalue weighted by molar-refractivity contribution is -0.125. The minimum atomic E-state index is -0.221. The number of hydrogen-bond donors (Lipinski definition) is 2. The van der Waals surface area contributed by atoms with Gasteiger partial charge in [-0.1, -0.05) is 6.92 Å². The second kappa shape index (κ2) is 8.54. The zero-order valence-electron chi connectivity index (χ0n) is 15.7. The molecule has 2 N–H and O–H groups in total. The van der Waals surface area contributed by atoms with Gasteiger partial charge in [0.1, 0.15) is 0 Å². The van der Waals surface area contributed by atoms with Crippen LogP contribution < -0.4 is 15.5 Å². The van der Waals surface area contributed by atoms with Gasteiger partial charge >= 0.3 is 0 Å². The van der Waals surface area contributed by atoms with Gasteiger partial charge in [-0.15, -0.1) is 0 Å². The zero-order valence-corrected chi connectivity index (χ0v) is 15.7. The van der Waals surface area contributed by atoms with Gasteiger partial charge in [0.25, 0.3) is 0 Å². The highest BCUT2D eigenvalue weighted by atomic mass is 16.5. The molecule has 0 bridgehead atoms. The van der Waals surface area contributed by atoms with Gasteiger partial charge in [0.15, 0.2) is 0 Å². The number of carbonyl (C=O) groups excluding carboxylic acids is 2. The summed E-state index contributed by atoms with van der Waals surface area (Å²) in [7, 11) is 1.59. The van der Waals surface area contributed by atoms with Crippen LogP contribution in [0.25, 0.3) is 0 Å². The van der Waals surface area contributed by atoms with Crippen LogP contribution in [0, 0.1) is 17.8 Å². The van der Waals surface area contributed by atoms with Crippen molar-refractivity contribution in [3.05, 3.63) is 24.3 Å². The Balaban J connectivity index is 1.46. The molecule has 6 heteroatoms. The minimum Gasteiger partial charge on any atom is -0.383 e. The molecule has 2 unspecified atom stereocenters. The minimum absolute atomic E-state index is 0.0584. The van der Waals surface area contributed by atoms with Gasteiger partial charge in [-0.25, -0.2) is 0 Å². The Hall–Kier alpha value is -2.08. The lowest BCUT2D eigenvalue weighted by atomic mass is 9.99. The topological polar surface area (TPSA) is 70.7 Å². The molecule has 0 spiro atoms. The first-order valence-corrected chi connectivity index (χ1v) is 9.51. The van der Waals surface area contributed by atoms with Crippen LogP contribution in [-0.4, -0.2) is 45.2 Å². The van der Waals surface area contributed by atoms with Gasteiger partial charge in [0.05, 0.1) is 18.4 Å². The van der Waals surface area contributed by atoms with Crippen molar-refractivity contribution in [2.24, 2.45) is 17.8 Å². The largest absolute Gasteiger partial charge is 0.383 e. The molecule has 0 radical (unpaired) electrons. The van der Waals surface area contributed by atoms with E-state index < -0.39 is 0 Å². The fourth-order valence-electron chi connectivity index (χ4n) is 3.44. The van der Waals surface area contributed by atoms with Crippen LogP contribution in [0.15, 0.2) is 24.3 Å². The standard InChI is InChI=1S/C20H29N3O3/c1-14-7-10-23(11-8-14)16-5-3-15(4-6-16)22-20(25)18-13-17(18)19(24)21-9-12-26-2/h3-6,14,17-18H,7-13H2,1-2H3,(H,21,24)(H,22,25). The summed E-state index contributed by atoms with van der Waals surface area (Å²) < 4.78 is 4.91. The first-order chi connectivity index (χ1) is 12.6. The molecule has 1 saturated carbocycles. The average Bonchev–Trinajstić information content (AvgIpc) is 3.44. The molecular formula is C20H29N3O3. The SMILES string of the molecule is COCCNC(=O)C1CC1C(=O)Nc1ccc(N2CCC(C)CC2)cc1. The van der Waals surface area contributed by atoms with E-state index in [1.807, 2.05) is 12.1 Å². The van der Waals surface area contributed by atoms with Crippen molar-refractivity contribution in [3.8, 4) is 0 Å². The molecule has 3 rings (SSSR count).